The zero-order chi connectivity index (χ0) is 20.3. The average Bonchev–Trinajstić information content (AvgIpc) is 3.25. The fourth-order valence-corrected chi connectivity index (χ4v) is 4.25. The van der Waals surface area contributed by atoms with Crippen LogP contribution in [0.25, 0.3) is 0 Å². The first-order chi connectivity index (χ1) is 14.0. The molecule has 0 unspecified atom stereocenters. The molecule has 4 rings (SSSR count). The van der Waals surface area contributed by atoms with Crippen LogP contribution >= 0.6 is 0 Å². The molecule has 2 aliphatic rings. The SMILES string of the molecule is FC(F)(F)Oc1ccc([C@H](c2ccc(N3CCCC3)cc2)N2CCNCC2)cc1. The van der Waals surface area contributed by atoms with Crippen LogP contribution in [0.4, 0.5) is 18.9 Å². The first kappa shape index (κ1) is 20.0. The number of ether oxygens (including phenoxy) is 1. The monoisotopic (exact) mass is 405 g/mol. The highest BCUT2D eigenvalue weighted by Gasteiger charge is 2.31. The first-order valence-electron chi connectivity index (χ1n) is 10.1. The number of nitrogens with zero attached hydrogens (tertiary/aromatic N) is 2. The van der Waals surface area contributed by atoms with Crippen LogP contribution in [0.2, 0.25) is 0 Å². The molecule has 0 saturated carbocycles. The summed E-state index contributed by atoms with van der Waals surface area (Å²) in [6, 6.07) is 14.9. The molecule has 0 bridgehead atoms. The fraction of sp³-hybridized carbons (Fsp3) is 0.455. The number of nitrogens with one attached hydrogen (secondary N) is 1. The van der Waals surface area contributed by atoms with Crippen molar-refractivity contribution >= 4 is 5.69 Å². The summed E-state index contributed by atoms with van der Waals surface area (Å²) >= 11 is 0. The van der Waals surface area contributed by atoms with Gasteiger partial charge in [0.25, 0.3) is 0 Å². The highest BCUT2D eigenvalue weighted by Crippen LogP contribution is 2.33. The highest BCUT2D eigenvalue weighted by molar-refractivity contribution is 5.50. The molecule has 2 fully saturated rings. The number of hydrogen-bond donors (Lipinski definition) is 1. The van der Waals surface area contributed by atoms with Crippen LogP contribution in [0.5, 0.6) is 5.75 Å². The Morgan fingerprint density at radius 2 is 1.34 bits per heavy atom. The van der Waals surface area contributed by atoms with Crippen LogP contribution in [-0.4, -0.2) is 50.5 Å². The van der Waals surface area contributed by atoms with Gasteiger partial charge < -0.3 is 15.0 Å². The number of halogens is 3. The maximum atomic E-state index is 12.5. The molecule has 0 aliphatic carbocycles. The van der Waals surface area contributed by atoms with Crippen LogP contribution in [0.3, 0.4) is 0 Å². The second kappa shape index (κ2) is 8.63. The van der Waals surface area contributed by atoms with Gasteiger partial charge in [0.1, 0.15) is 5.75 Å². The summed E-state index contributed by atoms with van der Waals surface area (Å²) in [7, 11) is 0. The summed E-state index contributed by atoms with van der Waals surface area (Å²) in [5, 5.41) is 3.36. The fourth-order valence-electron chi connectivity index (χ4n) is 4.25. The Hall–Kier alpha value is -2.25. The Labute approximate surface area is 169 Å². The van der Waals surface area contributed by atoms with Crippen molar-refractivity contribution in [3.05, 3.63) is 59.7 Å². The van der Waals surface area contributed by atoms with Crippen LogP contribution in [0, 0.1) is 0 Å². The molecule has 2 aromatic carbocycles. The molecule has 7 heteroatoms. The van der Waals surface area contributed by atoms with Crippen molar-refractivity contribution in [1.82, 2.24) is 10.2 Å². The zero-order valence-electron chi connectivity index (χ0n) is 16.3. The molecule has 0 spiro atoms. The Balaban J connectivity index is 1.59. The van der Waals surface area contributed by atoms with Gasteiger partial charge in [-0.15, -0.1) is 13.2 Å². The van der Waals surface area contributed by atoms with E-state index in [0.29, 0.717) is 0 Å². The van der Waals surface area contributed by atoms with Gasteiger partial charge >= 0.3 is 6.36 Å². The van der Waals surface area contributed by atoms with Gasteiger partial charge in [0, 0.05) is 45.0 Å². The summed E-state index contributed by atoms with van der Waals surface area (Å²) in [5.74, 6) is -0.190. The molecule has 0 radical (unpaired) electrons. The molecule has 2 saturated heterocycles. The van der Waals surface area contributed by atoms with E-state index in [1.807, 2.05) is 0 Å². The number of piperazine rings is 1. The molecule has 156 valence electrons. The molecule has 29 heavy (non-hydrogen) atoms. The molecular weight excluding hydrogens is 379 g/mol. The first-order valence-corrected chi connectivity index (χ1v) is 10.1. The van der Waals surface area contributed by atoms with Crippen LogP contribution in [-0.2, 0) is 0 Å². The summed E-state index contributed by atoms with van der Waals surface area (Å²) in [4.78, 5) is 4.77. The van der Waals surface area contributed by atoms with Gasteiger partial charge in [-0.3, -0.25) is 4.90 Å². The van der Waals surface area contributed by atoms with E-state index in [-0.39, 0.29) is 11.8 Å². The summed E-state index contributed by atoms with van der Waals surface area (Å²) < 4.78 is 41.5. The predicted octanol–water partition coefficient (Wildman–Crippen LogP) is 4.18. The van der Waals surface area contributed by atoms with E-state index in [9.17, 15) is 13.2 Å². The van der Waals surface area contributed by atoms with Gasteiger partial charge in [-0.05, 0) is 48.2 Å². The lowest BCUT2D eigenvalue weighted by atomic mass is 9.96. The van der Waals surface area contributed by atoms with Gasteiger partial charge in [0.05, 0.1) is 6.04 Å². The molecule has 0 aromatic heterocycles. The predicted molar refractivity (Wildman–Crippen MR) is 107 cm³/mol. The van der Waals surface area contributed by atoms with Crippen molar-refractivity contribution in [1.29, 1.82) is 0 Å². The van der Waals surface area contributed by atoms with E-state index in [0.717, 1.165) is 50.4 Å². The largest absolute Gasteiger partial charge is 0.573 e. The van der Waals surface area contributed by atoms with Gasteiger partial charge in [-0.25, -0.2) is 0 Å². The third-order valence-electron chi connectivity index (χ3n) is 5.63. The Morgan fingerprint density at radius 3 is 1.90 bits per heavy atom. The quantitative estimate of drug-likeness (QED) is 0.808. The number of hydrogen-bond acceptors (Lipinski definition) is 4. The van der Waals surface area contributed by atoms with Gasteiger partial charge in [0.15, 0.2) is 0 Å². The van der Waals surface area contributed by atoms with Crippen molar-refractivity contribution in [2.75, 3.05) is 44.2 Å². The van der Waals surface area contributed by atoms with Gasteiger partial charge in [0.2, 0.25) is 0 Å². The second-order valence-corrected chi connectivity index (χ2v) is 7.59. The maximum absolute atomic E-state index is 12.5. The van der Waals surface area contributed by atoms with Crippen molar-refractivity contribution in [2.45, 2.75) is 25.2 Å². The highest BCUT2D eigenvalue weighted by atomic mass is 19.4. The zero-order valence-corrected chi connectivity index (χ0v) is 16.3. The van der Waals surface area contributed by atoms with Gasteiger partial charge in [-0.1, -0.05) is 24.3 Å². The number of benzene rings is 2. The molecule has 1 atom stereocenters. The molecule has 1 N–H and O–H groups in total. The van der Waals surface area contributed by atoms with E-state index in [2.05, 4.69) is 44.1 Å². The van der Waals surface area contributed by atoms with E-state index in [4.69, 9.17) is 0 Å². The van der Waals surface area contributed by atoms with Gasteiger partial charge in [-0.2, -0.15) is 0 Å². The number of alkyl halides is 3. The van der Waals surface area contributed by atoms with E-state index >= 15 is 0 Å². The molecule has 0 amide bonds. The summed E-state index contributed by atoms with van der Waals surface area (Å²) in [6.45, 7) is 5.77. The Kier molecular flexibility index (Phi) is 5.96. The lowest BCUT2D eigenvalue weighted by Crippen LogP contribution is -2.45. The Bertz CT molecular complexity index is 780. The smallest absolute Gasteiger partial charge is 0.406 e. The van der Waals surface area contributed by atoms with Crippen molar-refractivity contribution < 1.29 is 17.9 Å². The molecule has 2 aliphatic heterocycles. The third kappa shape index (κ3) is 5.03. The van der Waals surface area contributed by atoms with Crippen LogP contribution in [0.1, 0.15) is 30.0 Å². The Morgan fingerprint density at radius 1 is 0.793 bits per heavy atom. The minimum Gasteiger partial charge on any atom is -0.406 e. The van der Waals surface area contributed by atoms with Crippen molar-refractivity contribution in [3.63, 3.8) is 0 Å². The normalized spacial score (nSPS) is 19.3. The van der Waals surface area contributed by atoms with Crippen molar-refractivity contribution in [3.8, 4) is 5.75 Å². The minimum atomic E-state index is -4.68. The van der Waals surface area contributed by atoms with Crippen LogP contribution in [0.15, 0.2) is 48.5 Å². The lowest BCUT2D eigenvalue weighted by molar-refractivity contribution is -0.274. The van der Waals surface area contributed by atoms with Crippen LogP contribution < -0.4 is 15.0 Å². The maximum Gasteiger partial charge on any atom is 0.573 e. The topological polar surface area (TPSA) is 27.7 Å². The standard InChI is InChI=1S/C22H26F3N3O/c23-22(24,25)29-20-9-5-18(6-10-20)21(28-15-11-26-12-16-28)17-3-7-19(8-4-17)27-13-1-2-14-27/h3-10,21,26H,1-2,11-16H2/t21-/m0/s1. The molecule has 4 nitrogen and oxygen atoms in total. The van der Waals surface area contributed by atoms with E-state index in [1.165, 1.54) is 30.7 Å². The summed E-state index contributed by atoms with van der Waals surface area (Å²) in [6.07, 6.45) is -2.21. The molecule has 2 heterocycles. The van der Waals surface area contributed by atoms with Crippen molar-refractivity contribution in [2.24, 2.45) is 0 Å². The van der Waals surface area contributed by atoms with E-state index in [1.54, 1.807) is 12.1 Å². The number of rotatable bonds is 5. The summed E-state index contributed by atoms with van der Waals surface area (Å²) in [5.41, 5.74) is 3.36. The van der Waals surface area contributed by atoms with E-state index < -0.39 is 6.36 Å². The third-order valence-corrected chi connectivity index (χ3v) is 5.63. The molecule has 2 aromatic rings. The minimum absolute atomic E-state index is 0.00432. The lowest BCUT2D eigenvalue weighted by Gasteiger charge is -2.36. The second-order valence-electron chi connectivity index (χ2n) is 7.59. The average molecular weight is 405 g/mol. The number of anilines is 1. The molecular formula is C22H26F3N3O.